The van der Waals surface area contributed by atoms with Gasteiger partial charge in [0.15, 0.2) is 5.82 Å². The number of piperidine rings is 2. The molecular formula is C13H19N3O5. The van der Waals surface area contributed by atoms with Crippen LogP contribution in [0.5, 0.6) is 0 Å². The molecule has 1 aromatic rings. The number of carboxylic acids is 2. The van der Waals surface area contributed by atoms with Gasteiger partial charge in [-0.1, -0.05) is 12.1 Å². The molecule has 8 nitrogen and oxygen atoms in total. The van der Waals surface area contributed by atoms with Gasteiger partial charge in [-0.2, -0.15) is 4.98 Å². The van der Waals surface area contributed by atoms with Crippen LogP contribution in [0, 0.1) is 0 Å². The number of carboxylic acid groups (broad SMARTS) is 2. The molecule has 116 valence electrons. The zero-order chi connectivity index (χ0) is 15.5. The lowest BCUT2D eigenvalue weighted by atomic mass is 9.72. The Morgan fingerprint density at radius 1 is 1.33 bits per heavy atom. The molecule has 3 saturated heterocycles. The summed E-state index contributed by atoms with van der Waals surface area (Å²) in [5.41, 5.74) is 0.219. The number of hydrogen-bond acceptors (Lipinski definition) is 6. The predicted octanol–water partition coefficient (Wildman–Crippen LogP) is 0.525. The van der Waals surface area contributed by atoms with Gasteiger partial charge >= 0.3 is 11.9 Å². The molecule has 0 unspecified atom stereocenters. The Bertz CT molecular complexity index is 504. The van der Waals surface area contributed by atoms with Gasteiger partial charge in [0.05, 0.1) is 5.41 Å². The second-order valence-corrected chi connectivity index (χ2v) is 5.47. The summed E-state index contributed by atoms with van der Waals surface area (Å²) in [4.78, 5) is 25.2. The molecule has 21 heavy (non-hydrogen) atoms. The van der Waals surface area contributed by atoms with Gasteiger partial charge in [-0.15, -0.1) is 0 Å². The van der Waals surface area contributed by atoms with Crippen LogP contribution in [0.2, 0.25) is 0 Å². The van der Waals surface area contributed by atoms with Crippen LogP contribution in [0.1, 0.15) is 37.9 Å². The van der Waals surface area contributed by atoms with Gasteiger partial charge in [0, 0.05) is 19.5 Å². The number of hydrogen-bond donors (Lipinski definition) is 2. The lowest BCUT2D eigenvalue weighted by molar-refractivity contribution is -0.159. The van der Waals surface area contributed by atoms with Crippen LogP contribution in [0.4, 0.5) is 0 Å². The molecule has 2 bridgehead atoms. The van der Waals surface area contributed by atoms with Crippen molar-refractivity contribution in [3.8, 4) is 0 Å². The molecule has 0 aliphatic carbocycles. The molecule has 0 aromatic carbocycles. The van der Waals surface area contributed by atoms with Gasteiger partial charge < -0.3 is 19.6 Å². The number of aliphatic carboxylic acids is 2. The van der Waals surface area contributed by atoms with E-state index in [-0.39, 0.29) is 5.41 Å². The Kier molecular flexibility index (Phi) is 4.56. The molecule has 4 rings (SSSR count). The van der Waals surface area contributed by atoms with Crippen molar-refractivity contribution in [2.75, 3.05) is 19.6 Å². The van der Waals surface area contributed by atoms with Crippen molar-refractivity contribution >= 4 is 11.9 Å². The van der Waals surface area contributed by atoms with E-state index in [2.05, 4.69) is 22.0 Å². The van der Waals surface area contributed by atoms with E-state index in [9.17, 15) is 0 Å². The summed E-state index contributed by atoms with van der Waals surface area (Å²) in [7, 11) is 0. The highest BCUT2D eigenvalue weighted by molar-refractivity contribution is 6.27. The van der Waals surface area contributed by atoms with E-state index in [0.29, 0.717) is 0 Å². The minimum Gasteiger partial charge on any atom is -0.473 e. The van der Waals surface area contributed by atoms with E-state index in [0.717, 1.165) is 37.6 Å². The Morgan fingerprint density at radius 3 is 2.48 bits per heavy atom. The first-order valence-electron chi connectivity index (χ1n) is 6.98. The maximum Gasteiger partial charge on any atom is 0.414 e. The molecule has 3 aliphatic heterocycles. The van der Waals surface area contributed by atoms with E-state index in [1.165, 1.54) is 19.4 Å². The molecule has 1 aromatic heterocycles. The summed E-state index contributed by atoms with van der Waals surface area (Å²) in [6.45, 7) is 5.64. The smallest absolute Gasteiger partial charge is 0.414 e. The van der Waals surface area contributed by atoms with Crippen LogP contribution < -0.4 is 0 Å². The summed E-state index contributed by atoms with van der Waals surface area (Å²) < 4.78 is 5.41. The third kappa shape index (κ3) is 3.38. The number of fused-ring (bicyclic) bond motifs is 2. The average molecular weight is 297 g/mol. The summed E-state index contributed by atoms with van der Waals surface area (Å²) in [5.74, 6) is -1.88. The summed E-state index contributed by atoms with van der Waals surface area (Å²) in [5, 5.41) is 18.8. The van der Waals surface area contributed by atoms with Gasteiger partial charge in [-0.3, -0.25) is 0 Å². The molecule has 4 heterocycles. The predicted molar refractivity (Wildman–Crippen MR) is 70.9 cm³/mol. The van der Waals surface area contributed by atoms with Crippen molar-refractivity contribution in [1.29, 1.82) is 0 Å². The molecule has 0 spiro atoms. The largest absolute Gasteiger partial charge is 0.473 e. The fraction of sp³-hybridized carbons (Fsp3) is 0.692. The molecule has 3 fully saturated rings. The Hall–Kier alpha value is -1.96. The third-order valence-electron chi connectivity index (χ3n) is 3.76. The number of nitrogens with zero attached hydrogens (tertiary/aromatic N) is 3. The molecular weight excluding hydrogens is 278 g/mol. The van der Waals surface area contributed by atoms with E-state index < -0.39 is 11.9 Å². The fourth-order valence-electron chi connectivity index (χ4n) is 2.80. The van der Waals surface area contributed by atoms with Gasteiger partial charge in [0.25, 0.3) is 0 Å². The van der Waals surface area contributed by atoms with Gasteiger partial charge in [0.2, 0.25) is 5.89 Å². The number of carbonyl (C=O) groups is 2. The van der Waals surface area contributed by atoms with Gasteiger partial charge in [-0.05, 0) is 25.8 Å². The lowest BCUT2D eigenvalue weighted by Crippen LogP contribution is -2.63. The molecule has 0 saturated carbocycles. The van der Waals surface area contributed by atoms with Crippen molar-refractivity contribution in [3.05, 3.63) is 11.7 Å². The fourth-order valence-corrected chi connectivity index (χ4v) is 2.80. The van der Waals surface area contributed by atoms with Crippen LogP contribution in [0.3, 0.4) is 0 Å². The second kappa shape index (κ2) is 6.21. The highest BCUT2D eigenvalue weighted by atomic mass is 16.5. The van der Waals surface area contributed by atoms with Crippen LogP contribution >= 0.6 is 0 Å². The van der Waals surface area contributed by atoms with E-state index in [1.807, 2.05) is 0 Å². The van der Waals surface area contributed by atoms with E-state index in [4.69, 9.17) is 24.3 Å². The van der Waals surface area contributed by atoms with E-state index in [1.54, 1.807) is 0 Å². The SMILES string of the molecule is CCCc1noc(C23CCCN(C2)C3)n1.O=C(O)C(=O)O. The normalized spacial score (nSPS) is 26.2. The summed E-state index contributed by atoms with van der Waals surface area (Å²) in [6, 6.07) is 0. The molecule has 3 aliphatic rings. The lowest BCUT2D eigenvalue weighted by Gasteiger charge is -2.52. The van der Waals surface area contributed by atoms with Crippen LogP contribution in [0.15, 0.2) is 4.52 Å². The zero-order valence-electron chi connectivity index (χ0n) is 11.9. The maximum absolute atomic E-state index is 9.10. The molecule has 0 atom stereocenters. The second-order valence-electron chi connectivity index (χ2n) is 5.47. The Labute approximate surface area is 121 Å². The van der Waals surface area contributed by atoms with Crippen molar-refractivity contribution in [2.24, 2.45) is 0 Å². The minimum absolute atomic E-state index is 0.219. The zero-order valence-corrected chi connectivity index (χ0v) is 11.9. The quantitative estimate of drug-likeness (QED) is 0.776. The standard InChI is InChI=1S/C11H17N3O.C2H2O4/c1-2-4-9-12-10(15-13-9)11-5-3-6-14(7-11)8-11;3-1(4)2(5)6/h2-8H2,1H3;(H,3,4)(H,5,6). The Morgan fingerprint density at radius 2 is 2.00 bits per heavy atom. The molecule has 2 N–H and O–H groups in total. The number of rotatable bonds is 3. The van der Waals surface area contributed by atoms with Crippen molar-refractivity contribution in [2.45, 2.75) is 38.0 Å². The first-order valence-corrected chi connectivity index (χ1v) is 6.98. The minimum atomic E-state index is -1.82. The summed E-state index contributed by atoms with van der Waals surface area (Å²) in [6.07, 6.45) is 4.50. The monoisotopic (exact) mass is 297 g/mol. The summed E-state index contributed by atoms with van der Waals surface area (Å²) >= 11 is 0. The van der Waals surface area contributed by atoms with Crippen LogP contribution in [-0.4, -0.2) is 56.8 Å². The van der Waals surface area contributed by atoms with Crippen molar-refractivity contribution in [1.82, 2.24) is 15.0 Å². The highest BCUT2D eigenvalue weighted by Crippen LogP contribution is 2.41. The third-order valence-corrected chi connectivity index (χ3v) is 3.76. The maximum atomic E-state index is 9.10. The van der Waals surface area contributed by atoms with Crippen molar-refractivity contribution in [3.63, 3.8) is 0 Å². The van der Waals surface area contributed by atoms with Crippen molar-refractivity contribution < 1.29 is 24.3 Å². The highest BCUT2D eigenvalue weighted by Gasteiger charge is 2.50. The topological polar surface area (TPSA) is 117 Å². The van der Waals surface area contributed by atoms with Gasteiger partial charge in [-0.25, -0.2) is 9.59 Å². The molecule has 0 amide bonds. The van der Waals surface area contributed by atoms with Crippen LogP contribution in [0.25, 0.3) is 0 Å². The first-order chi connectivity index (χ1) is 9.97. The number of aromatic nitrogens is 2. The Balaban J connectivity index is 0.000000232. The average Bonchev–Trinajstić information content (AvgIpc) is 2.88. The van der Waals surface area contributed by atoms with Crippen LogP contribution in [-0.2, 0) is 21.4 Å². The number of aryl methyl sites for hydroxylation is 1. The van der Waals surface area contributed by atoms with Gasteiger partial charge in [0.1, 0.15) is 0 Å². The van der Waals surface area contributed by atoms with E-state index >= 15 is 0 Å². The first kappa shape index (κ1) is 15.4. The molecule has 8 heteroatoms. The molecule has 0 radical (unpaired) electrons.